The fourth-order valence-electron chi connectivity index (χ4n) is 3.73. The van der Waals surface area contributed by atoms with Crippen molar-refractivity contribution in [2.75, 3.05) is 17.4 Å². The lowest BCUT2D eigenvalue weighted by Crippen LogP contribution is -2.44. The molecule has 32 heavy (non-hydrogen) atoms. The molecule has 0 spiro atoms. The van der Waals surface area contributed by atoms with E-state index in [4.69, 9.17) is 0 Å². The highest BCUT2D eigenvalue weighted by Gasteiger charge is 2.30. The van der Waals surface area contributed by atoms with Crippen LogP contribution in [-0.4, -0.2) is 37.2 Å². The van der Waals surface area contributed by atoms with Crippen LogP contribution in [0.25, 0.3) is 0 Å². The van der Waals surface area contributed by atoms with Crippen LogP contribution in [0.15, 0.2) is 83.8 Å². The van der Waals surface area contributed by atoms with Gasteiger partial charge in [0.15, 0.2) is 0 Å². The molecule has 3 aromatic rings. The van der Waals surface area contributed by atoms with Crippen molar-refractivity contribution >= 4 is 27.3 Å². The smallest absolute Gasteiger partial charge is 0.271 e. The number of carbonyl (C=O) groups excluding carboxylic acids is 1. The predicted molar refractivity (Wildman–Crippen MR) is 120 cm³/mol. The van der Waals surface area contributed by atoms with Crippen molar-refractivity contribution in [1.29, 1.82) is 0 Å². The average molecular weight is 452 g/mol. The lowest BCUT2D eigenvalue weighted by molar-refractivity contribution is -0.384. The maximum Gasteiger partial charge on any atom is 0.271 e. The minimum Gasteiger partial charge on any atom is -0.336 e. The van der Waals surface area contributed by atoms with E-state index in [2.05, 4.69) is 0 Å². The number of nitro benzene ring substituents is 1. The average Bonchev–Trinajstić information content (AvgIpc) is 2.82. The highest BCUT2D eigenvalue weighted by molar-refractivity contribution is 7.92. The van der Waals surface area contributed by atoms with Crippen LogP contribution in [0, 0.1) is 10.1 Å². The van der Waals surface area contributed by atoms with Crippen LogP contribution in [0.4, 0.5) is 11.4 Å². The number of hydrogen-bond donors (Lipinski definition) is 0. The molecule has 0 saturated heterocycles. The summed E-state index contributed by atoms with van der Waals surface area (Å²) < 4.78 is 27.8. The van der Waals surface area contributed by atoms with E-state index < -0.39 is 21.5 Å². The van der Waals surface area contributed by atoms with Gasteiger partial charge in [-0.15, -0.1) is 0 Å². The first kappa shape index (κ1) is 21.5. The number of amides is 1. The standard InChI is InChI=1S/C23H21N3O5S/c27-23(24-14-13-18-7-4-5-8-19(18)16-24)17-25(20-9-6-10-21(15-20)26(28)29)32(30,31)22-11-2-1-3-12-22/h1-12,15H,13-14,16-17H2. The first-order valence-corrected chi connectivity index (χ1v) is 11.5. The summed E-state index contributed by atoms with van der Waals surface area (Å²) in [5.41, 5.74) is 2.01. The minimum absolute atomic E-state index is 0.00305. The number of anilines is 1. The number of nitrogens with zero attached hydrogens (tertiary/aromatic N) is 3. The minimum atomic E-state index is -4.13. The number of hydrogen-bond acceptors (Lipinski definition) is 5. The molecule has 0 fully saturated rings. The second kappa shape index (κ2) is 8.80. The van der Waals surface area contributed by atoms with Crippen LogP contribution < -0.4 is 4.31 Å². The molecule has 3 aromatic carbocycles. The lowest BCUT2D eigenvalue weighted by Gasteiger charge is -2.31. The molecule has 1 heterocycles. The lowest BCUT2D eigenvalue weighted by atomic mass is 10.00. The topological polar surface area (TPSA) is 101 Å². The summed E-state index contributed by atoms with van der Waals surface area (Å²) in [6.45, 7) is 0.410. The van der Waals surface area contributed by atoms with Crippen molar-refractivity contribution in [3.8, 4) is 0 Å². The zero-order chi connectivity index (χ0) is 22.7. The van der Waals surface area contributed by atoms with Gasteiger partial charge in [-0.3, -0.25) is 19.2 Å². The molecule has 1 aliphatic heterocycles. The van der Waals surface area contributed by atoms with Crippen LogP contribution in [-0.2, 0) is 27.8 Å². The summed E-state index contributed by atoms with van der Waals surface area (Å²) in [5.74, 6) is -0.370. The Bertz CT molecular complexity index is 1260. The van der Waals surface area contributed by atoms with E-state index in [0.717, 1.165) is 9.87 Å². The van der Waals surface area contributed by atoms with Gasteiger partial charge in [-0.2, -0.15) is 0 Å². The molecule has 8 nitrogen and oxygen atoms in total. The molecule has 0 unspecified atom stereocenters. The summed E-state index contributed by atoms with van der Waals surface area (Å²) in [4.78, 5) is 25.4. The van der Waals surface area contributed by atoms with E-state index >= 15 is 0 Å². The Labute approximate surface area is 185 Å². The molecule has 9 heteroatoms. The molecule has 0 atom stereocenters. The molecule has 4 rings (SSSR count). The Morgan fingerprint density at radius 3 is 2.38 bits per heavy atom. The van der Waals surface area contributed by atoms with Crippen LogP contribution in [0.1, 0.15) is 11.1 Å². The van der Waals surface area contributed by atoms with Gasteiger partial charge in [0.05, 0.1) is 15.5 Å². The molecule has 0 aliphatic carbocycles. The van der Waals surface area contributed by atoms with E-state index in [0.29, 0.717) is 19.5 Å². The number of carbonyl (C=O) groups is 1. The van der Waals surface area contributed by atoms with E-state index in [9.17, 15) is 23.3 Å². The highest BCUT2D eigenvalue weighted by Crippen LogP contribution is 2.28. The number of rotatable bonds is 6. The van der Waals surface area contributed by atoms with Gasteiger partial charge in [0.2, 0.25) is 5.91 Å². The normalized spacial score (nSPS) is 13.3. The van der Waals surface area contributed by atoms with Gasteiger partial charge in [0.25, 0.3) is 15.7 Å². The SMILES string of the molecule is O=C(CN(c1cccc([N+](=O)[O-])c1)S(=O)(=O)c1ccccc1)N1CCc2ccccc2C1. The van der Waals surface area contributed by atoms with E-state index in [-0.39, 0.29) is 22.2 Å². The van der Waals surface area contributed by atoms with Crippen molar-refractivity contribution < 1.29 is 18.1 Å². The van der Waals surface area contributed by atoms with Crippen LogP contribution in [0.3, 0.4) is 0 Å². The molecule has 0 radical (unpaired) electrons. The van der Waals surface area contributed by atoms with Gasteiger partial charge >= 0.3 is 0 Å². The van der Waals surface area contributed by atoms with E-state index in [1.165, 1.54) is 42.0 Å². The number of nitro groups is 1. The van der Waals surface area contributed by atoms with Gasteiger partial charge in [-0.25, -0.2) is 8.42 Å². The first-order valence-electron chi connectivity index (χ1n) is 10.0. The predicted octanol–water partition coefficient (Wildman–Crippen LogP) is 3.38. The van der Waals surface area contributed by atoms with Gasteiger partial charge in [-0.1, -0.05) is 48.5 Å². The van der Waals surface area contributed by atoms with Crippen molar-refractivity contribution in [2.24, 2.45) is 0 Å². The molecule has 164 valence electrons. The molecule has 1 amide bonds. The van der Waals surface area contributed by atoms with Crippen molar-refractivity contribution in [3.63, 3.8) is 0 Å². The van der Waals surface area contributed by atoms with Crippen LogP contribution in [0.2, 0.25) is 0 Å². The van der Waals surface area contributed by atoms with Crippen LogP contribution in [0.5, 0.6) is 0 Å². The number of fused-ring (bicyclic) bond motifs is 1. The third-order valence-corrected chi connectivity index (χ3v) is 7.21. The maximum atomic E-state index is 13.4. The summed E-state index contributed by atoms with van der Waals surface area (Å²) in [6, 6.07) is 20.9. The van der Waals surface area contributed by atoms with Gasteiger partial charge in [0, 0.05) is 25.2 Å². The molecule has 0 aromatic heterocycles. The fourth-order valence-corrected chi connectivity index (χ4v) is 5.15. The largest absolute Gasteiger partial charge is 0.336 e. The summed E-state index contributed by atoms with van der Waals surface area (Å²) in [6.07, 6.45) is 0.685. The Morgan fingerprint density at radius 2 is 1.66 bits per heavy atom. The Kier molecular flexibility index (Phi) is 5.91. The second-order valence-corrected chi connectivity index (χ2v) is 9.30. The highest BCUT2D eigenvalue weighted by atomic mass is 32.2. The Morgan fingerprint density at radius 1 is 0.969 bits per heavy atom. The number of non-ortho nitro benzene ring substituents is 1. The fraction of sp³-hybridized carbons (Fsp3) is 0.174. The van der Waals surface area contributed by atoms with Crippen molar-refractivity contribution in [3.05, 3.63) is 100 Å². The van der Waals surface area contributed by atoms with Crippen molar-refractivity contribution in [2.45, 2.75) is 17.9 Å². The van der Waals surface area contributed by atoms with Gasteiger partial charge in [-0.05, 0) is 35.7 Å². The molecule has 0 saturated carbocycles. The van der Waals surface area contributed by atoms with Crippen molar-refractivity contribution in [1.82, 2.24) is 4.90 Å². The summed E-state index contributed by atoms with van der Waals surface area (Å²) in [5, 5.41) is 11.2. The molecule has 0 bridgehead atoms. The molecule has 1 aliphatic rings. The second-order valence-electron chi connectivity index (χ2n) is 7.44. The molecular weight excluding hydrogens is 430 g/mol. The molecular formula is C23H21N3O5S. The zero-order valence-electron chi connectivity index (χ0n) is 17.1. The van der Waals surface area contributed by atoms with Crippen LogP contribution >= 0.6 is 0 Å². The monoisotopic (exact) mass is 451 g/mol. The summed E-state index contributed by atoms with van der Waals surface area (Å²) >= 11 is 0. The first-order chi connectivity index (χ1) is 15.4. The zero-order valence-corrected chi connectivity index (χ0v) is 17.9. The van der Waals surface area contributed by atoms with Gasteiger partial charge in [0.1, 0.15) is 6.54 Å². The quantitative estimate of drug-likeness (QED) is 0.422. The third kappa shape index (κ3) is 4.33. The summed E-state index contributed by atoms with van der Waals surface area (Å²) in [7, 11) is -4.13. The van der Waals surface area contributed by atoms with Gasteiger partial charge < -0.3 is 4.90 Å². The molecule has 0 N–H and O–H groups in total. The number of benzene rings is 3. The Balaban J connectivity index is 1.68. The Hall–Kier alpha value is -3.72. The van der Waals surface area contributed by atoms with E-state index in [1.807, 2.05) is 24.3 Å². The third-order valence-electron chi connectivity index (χ3n) is 5.42. The number of sulfonamides is 1. The van der Waals surface area contributed by atoms with E-state index in [1.54, 1.807) is 23.1 Å². The maximum absolute atomic E-state index is 13.4.